The number of allylic oxidation sites excluding steroid dienone is 1. The lowest BCUT2D eigenvalue weighted by Crippen LogP contribution is -2.70. The average molecular weight is 1070 g/mol. The zero-order valence-corrected chi connectivity index (χ0v) is 48.1. The summed E-state index contributed by atoms with van der Waals surface area (Å²) in [4.78, 5) is 36.6. The van der Waals surface area contributed by atoms with Gasteiger partial charge in [0.15, 0.2) is 0 Å². The number of nitrogens with one attached hydrogen (secondary N) is 1. The molecule has 0 aromatic heterocycles. The number of amides is 2. The molecule has 0 spiro atoms. The van der Waals surface area contributed by atoms with Crippen LogP contribution in [0.15, 0.2) is 71.9 Å². The minimum absolute atomic E-state index is 0.00575. The van der Waals surface area contributed by atoms with Gasteiger partial charge in [-0.05, 0) is 113 Å². The molecule has 2 aliphatic carbocycles. The number of halogens is 1. The Labute approximate surface area is 463 Å². The van der Waals surface area contributed by atoms with Crippen molar-refractivity contribution in [3.63, 3.8) is 0 Å². The maximum atomic E-state index is 15.1. The minimum atomic E-state index is -1.55. The number of hydrogen-bond donors (Lipinski definition) is 3. The number of carbonyl (C=O) groups excluding carboxylic acids is 2. The monoisotopic (exact) mass is 1070 g/mol. The first-order chi connectivity index (χ1) is 37.4. The number of ether oxygens (including phenoxy) is 4. The molecule has 2 aromatic carbocycles. The van der Waals surface area contributed by atoms with Crippen molar-refractivity contribution in [3.8, 4) is 11.5 Å². The fourth-order valence-electron chi connectivity index (χ4n) is 11.8. The lowest BCUT2D eigenvalue weighted by atomic mass is 9.55. The van der Waals surface area contributed by atoms with Gasteiger partial charge in [0.05, 0.1) is 24.8 Å². The van der Waals surface area contributed by atoms with E-state index in [2.05, 4.69) is 31.8 Å². The van der Waals surface area contributed by atoms with Crippen LogP contribution in [0.25, 0.3) is 0 Å². The van der Waals surface area contributed by atoms with Crippen LogP contribution in [0.3, 0.4) is 0 Å². The molecule has 0 saturated heterocycles. The van der Waals surface area contributed by atoms with E-state index in [1.54, 1.807) is 29.2 Å². The maximum Gasteiger partial charge on any atom is 0.412 e. The molecule has 1 fully saturated rings. The van der Waals surface area contributed by atoms with Crippen LogP contribution in [0.1, 0.15) is 225 Å². The van der Waals surface area contributed by atoms with Crippen molar-refractivity contribution in [2.24, 2.45) is 22.9 Å². The molecule has 3 N–H and O–H groups in total. The van der Waals surface area contributed by atoms with E-state index in [0.29, 0.717) is 42.2 Å². The largest absolute Gasteiger partial charge is 0.459 e. The number of hydrogen-bond acceptors (Lipinski definition) is 10. The standard InChI is InChI=1S/C64H100FN3O9/c1-7-10-12-14-16-18-20-22-24-28-40-66-61(71)75-52-38-39-57-55(46-52)59-53(33-27-30-42-70)50(32-26-29-41-69)45-54-56(67-77-63(4,5)6)47-58(64(76-57,60(54)59)74-43-9-3)68(48-49-34-36-51(65)37-35-49)62(72)73-44-31-25-23-21-19-17-15-13-11-8-2/h9,34-39,45-46,50,53,58-60,69-70H,3,7-8,10-33,40-44,47-48H2,1-2,4-6H3,(H,66,71). The van der Waals surface area contributed by atoms with Crippen molar-refractivity contribution in [3.05, 3.63) is 83.7 Å². The molecule has 1 aliphatic heterocycles. The van der Waals surface area contributed by atoms with Crippen molar-refractivity contribution in [1.29, 1.82) is 0 Å². The summed E-state index contributed by atoms with van der Waals surface area (Å²) in [6.45, 7) is 15.4. The molecule has 2 aromatic rings. The van der Waals surface area contributed by atoms with Crippen LogP contribution in [0.2, 0.25) is 0 Å². The smallest absolute Gasteiger partial charge is 0.412 e. The molecule has 2 amide bonds. The summed E-state index contributed by atoms with van der Waals surface area (Å²) in [7, 11) is 0. The highest BCUT2D eigenvalue weighted by molar-refractivity contribution is 6.03. The predicted octanol–water partition coefficient (Wildman–Crippen LogP) is 15.8. The summed E-state index contributed by atoms with van der Waals surface area (Å²) in [6, 6.07) is 10.8. The lowest BCUT2D eigenvalue weighted by molar-refractivity contribution is -0.256. The molecule has 5 rings (SSSR count). The molecular weight excluding hydrogens is 974 g/mol. The highest BCUT2D eigenvalue weighted by Crippen LogP contribution is 2.62. The van der Waals surface area contributed by atoms with Crippen LogP contribution in [0.5, 0.6) is 11.5 Å². The molecule has 0 radical (unpaired) electrons. The van der Waals surface area contributed by atoms with Gasteiger partial charge >= 0.3 is 12.2 Å². The third kappa shape index (κ3) is 20.3. The molecule has 12 nitrogen and oxygen atoms in total. The van der Waals surface area contributed by atoms with Gasteiger partial charge in [-0.3, -0.25) is 4.90 Å². The van der Waals surface area contributed by atoms with Gasteiger partial charge in [0.25, 0.3) is 0 Å². The summed E-state index contributed by atoms with van der Waals surface area (Å²) in [5, 5.41) is 28.1. The number of carbonyl (C=O) groups is 2. The number of aliphatic hydroxyl groups excluding tert-OH is 2. The Morgan fingerprint density at radius 3 is 2.00 bits per heavy atom. The molecule has 6 atom stereocenters. The second-order valence-electron chi connectivity index (χ2n) is 23.0. The van der Waals surface area contributed by atoms with Crippen LogP contribution in [-0.4, -0.2) is 83.4 Å². The summed E-state index contributed by atoms with van der Waals surface area (Å²) in [6.07, 6.45) is 30.9. The van der Waals surface area contributed by atoms with Gasteiger partial charge in [-0.2, -0.15) is 0 Å². The maximum absolute atomic E-state index is 15.1. The Bertz CT molecular complexity index is 2090. The molecule has 1 saturated carbocycles. The molecule has 432 valence electrons. The highest BCUT2D eigenvalue weighted by atomic mass is 19.1. The number of aliphatic hydroxyl groups is 2. The Morgan fingerprint density at radius 1 is 0.805 bits per heavy atom. The first-order valence-electron chi connectivity index (χ1n) is 30.3. The summed E-state index contributed by atoms with van der Waals surface area (Å²) in [5.74, 6) is -1.98. The SMILES string of the molecule is C=CCOC12Oc3ccc(OC(=O)NCCCCCCCCCCCC)cc3C3C(CCCCO)C(CCCCO)C=C(C(=NOC(C)(C)C)CC1N(Cc1ccc(F)cc1)C(=O)OCCCCCCCCCCCC)C32. The van der Waals surface area contributed by atoms with Gasteiger partial charge in [-0.1, -0.05) is 172 Å². The van der Waals surface area contributed by atoms with Crippen molar-refractivity contribution < 1.29 is 48.0 Å². The third-order valence-corrected chi connectivity index (χ3v) is 15.7. The van der Waals surface area contributed by atoms with Gasteiger partial charge in [0, 0.05) is 44.2 Å². The van der Waals surface area contributed by atoms with Gasteiger partial charge < -0.3 is 39.3 Å². The molecule has 13 heteroatoms. The van der Waals surface area contributed by atoms with Crippen LogP contribution in [-0.2, 0) is 20.9 Å². The minimum Gasteiger partial charge on any atom is -0.459 e. The van der Waals surface area contributed by atoms with Crippen molar-refractivity contribution in [1.82, 2.24) is 10.2 Å². The van der Waals surface area contributed by atoms with Crippen LogP contribution in [0, 0.1) is 23.6 Å². The van der Waals surface area contributed by atoms with Crippen molar-refractivity contribution in [2.45, 2.75) is 238 Å². The zero-order chi connectivity index (χ0) is 55.3. The van der Waals surface area contributed by atoms with E-state index in [-0.39, 0.29) is 63.0 Å². The Kier molecular flexibility index (Phi) is 28.4. The number of oxime groups is 1. The van der Waals surface area contributed by atoms with Gasteiger partial charge in [0.2, 0.25) is 5.79 Å². The first-order valence-corrected chi connectivity index (χ1v) is 30.3. The molecular formula is C64H100FN3O9. The highest BCUT2D eigenvalue weighted by Gasteiger charge is 2.66. The van der Waals surface area contributed by atoms with E-state index in [4.69, 9.17) is 28.9 Å². The van der Waals surface area contributed by atoms with Gasteiger partial charge in [-0.15, -0.1) is 6.58 Å². The quantitative estimate of drug-likeness (QED) is 0.0339. The zero-order valence-electron chi connectivity index (χ0n) is 48.1. The summed E-state index contributed by atoms with van der Waals surface area (Å²) >= 11 is 0. The summed E-state index contributed by atoms with van der Waals surface area (Å²) < 4.78 is 41.5. The third-order valence-electron chi connectivity index (χ3n) is 15.7. The van der Waals surface area contributed by atoms with Gasteiger partial charge in [-0.25, -0.2) is 14.0 Å². The van der Waals surface area contributed by atoms with Crippen molar-refractivity contribution in [2.75, 3.05) is 33.0 Å². The van der Waals surface area contributed by atoms with Gasteiger partial charge in [0.1, 0.15) is 29.0 Å². The second-order valence-corrected chi connectivity index (χ2v) is 23.0. The van der Waals surface area contributed by atoms with Crippen LogP contribution < -0.4 is 14.8 Å². The van der Waals surface area contributed by atoms with E-state index in [0.717, 1.165) is 81.8 Å². The van der Waals surface area contributed by atoms with Crippen LogP contribution in [0.4, 0.5) is 14.0 Å². The molecule has 3 aliphatic rings. The number of nitrogens with zero attached hydrogens (tertiary/aromatic N) is 2. The topological polar surface area (TPSA) is 148 Å². The molecule has 1 heterocycles. The normalized spacial score (nSPS) is 21.1. The number of benzene rings is 2. The van der Waals surface area contributed by atoms with Crippen molar-refractivity contribution >= 4 is 17.9 Å². The molecule has 0 bridgehead atoms. The van der Waals surface area contributed by atoms with E-state index >= 15 is 4.79 Å². The Morgan fingerprint density at radius 2 is 1.40 bits per heavy atom. The van der Waals surface area contributed by atoms with E-state index < -0.39 is 35.5 Å². The lowest BCUT2D eigenvalue weighted by Gasteiger charge is -2.60. The summed E-state index contributed by atoms with van der Waals surface area (Å²) in [5.41, 5.74) is 2.41. The average Bonchev–Trinajstić information content (AvgIpc) is 3.47. The van der Waals surface area contributed by atoms with E-state index in [1.165, 1.54) is 95.6 Å². The second kappa shape index (κ2) is 34.5. The number of fused-ring (bicyclic) bond motifs is 2. The van der Waals surface area contributed by atoms with E-state index in [9.17, 15) is 19.4 Å². The fourth-order valence-corrected chi connectivity index (χ4v) is 11.8. The Balaban J connectivity index is 1.55. The van der Waals surface area contributed by atoms with E-state index in [1.807, 2.05) is 32.9 Å². The molecule has 77 heavy (non-hydrogen) atoms. The predicted molar refractivity (Wildman–Crippen MR) is 307 cm³/mol. The molecule has 6 unspecified atom stereocenters. The first kappa shape index (κ1) is 63.4. The Hall–Kier alpha value is -4.46. The number of unbranched alkanes of at least 4 members (excludes halogenated alkanes) is 20. The number of rotatable bonds is 38. The van der Waals surface area contributed by atoms with Crippen LogP contribution >= 0.6 is 0 Å². The fraction of sp³-hybridized carbons (Fsp3) is 0.703.